The number of imidazole rings is 1. The summed E-state index contributed by atoms with van der Waals surface area (Å²) in [5.74, 6) is -0.430. The van der Waals surface area contributed by atoms with Crippen molar-refractivity contribution < 1.29 is 14.3 Å². The number of nitrogens with one attached hydrogen (secondary N) is 1. The lowest BCUT2D eigenvalue weighted by Gasteiger charge is -2.10. The number of pyridine rings is 1. The van der Waals surface area contributed by atoms with E-state index in [4.69, 9.17) is 10.5 Å². The summed E-state index contributed by atoms with van der Waals surface area (Å²) in [7, 11) is 0. The fraction of sp³-hybridized carbons (Fsp3) is 0.0455. The van der Waals surface area contributed by atoms with Crippen molar-refractivity contribution in [3.05, 3.63) is 95.9 Å². The molecule has 0 atom stereocenters. The molecule has 144 valence electrons. The number of anilines is 1. The third-order valence-electron chi connectivity index (χ3n) is 4.34. The first-order valence-electron chi connectivity index (χ1n) is 8.96. The maximum Gasteiger partial charge on any atom is 0.255 e. The van der Waals surface area contributed by atoms with Crippen molar-refractivity contribution in [2.75, 3.05) is 5.32 Å². The molecule has 7 heteroatoms. The highest BCUT2D eigenvalue weighted by Crippen LogP contribution is 2.19. The molecular formula is C22H18N4O3. The van der Waals surface area contributed by atoms with E-state index < -0.39 is 5.91 Å². The first kappa shape index (κ1) is 18.2. The van der Waals surface area contributed by atoms with Gasteiger partial charge in [0.15, 0.2) is 0 Å². The van der Waals surface area contributed by atoms with E-state index in [1.165, 1.54) is 0 Å². The van der Waals surface area contributed by atoms with Crippen LogP contribution in [-0.4, -0.2) is 21.2 Å². The minimum absolute atomic E-state index is 0.250. The Kier molecular flexibility index (Phi) is 4.94. The smallest absolute Gasteiger partial charge is 0.255 e. The van der Waals surface area contributed by atoms with E-state index in [0.717, 1.165) is 11.3 Å². The molecule has 0 fully saturated rings. The lowest BCUT2D eigenvalue weighted by molar-refractivity contribution is 0.100. The molecule has 2 amide bonds. The number of rotatable bonds is 6. The van der Waals surface area contributed by atoms with Crippen LogP contribution in [-0.2, 0) is 6.61 Å². The van der Waals surface area contributed by atoms with Gasteiger partial charge >= 0.3 is 0 Å². The molecule has 0 saturated carbocycles. The maximum absolute atomic E-state index is 12.6. The Balaban J connectivity index is 1.47. The number of amides is 2. The van der Waals surface area contributed by atoms with Gasteiger partial charge in [-0.3, -0.25) is 9.59 Å². The normalized spacial score (nSPS) is 10.6. The summed E-state index contributed by atoms with van der Waals surface area (Å²) >= 11 is 0. The Hall–Kier alpha value is -4.13. The van der Waals surface area contributed by atoms with Crippen molar-refractivity contribution in [1.82, 2.24) is 9.38 Å². The molecule has 0 saturated heterocycles. The van der Waals surface area contributed by atoms with Crippen LogP contribution in [0, 0.1) is 0 Å². The third-order valence-corrected chi connectivity index (χ3v) is 4.34. The average Bonchev–Trinajstić information content (AvgIpc) is 3.16. The van der Waals surface area contributed by atoms with Gasteiger partial charge < -0.3 is 20.2 Å². The van der Waals surface area contributed by atoms with Crippen molar-refractivity contribution >= 4 is 23.1 Å². The van der Waals surface area contributed by atoms with Crippen molar-refractivity contribution in [3.63, 3.8) is 0 Å². The number of fused-ring (bicyclic) bond motifs is 1. The summed E-state index contributed by atoms with van der Waals surface area (Å²) in [6.07, 6.45) is 3.81. The zero-order chi connectivity index (χ0) is 20.2. The van der Waals surface area contributed by atoms with Crippen LogP contribution in [0.3, 0.4) is 0 Å². The average molecular weight is 386 g/mol. The zero-order valence-electron chi connectivity index (χ0n) is 15.4. The minimum atomic E-state index is -0.606. The molecule has 29 heavy (non-hydrogen) atoms. The molecule has 0 aliphatic heterocycles. The quantitative estimate of drug-likeness (QED) is 0.531. The van der Waals surface area contributed by atoms with Crippen molar-refractivity contribution in [3.8, 4) is 5.75 Å². The molecule has 4 aromatic rings. The predicted octanol–water partition coefficient (Wildman–Crippen LogP) is 3.26. The molecule has 0 aliphatic rings. The number of para-hydroxylation sites is 1. The predicted molar refractivity (Wildman–Crippen MR) is 109 cm³/mol. The summed E-state index contributed by atoms with van der Waals surface area (Å²) in [6, 6.07) is 19.2. The van der Waals surface area contributed by atoms with Gasteiger partial charge in [0.2, 0.25) is 0 Å². The van der Waals surface area contributed by atoms with Crippen LogP contribution in [0.15, 0.2) is 79.1 Å². The number of nitrogens with two attached hydrogens (primary N) is 1. The Morgan fingerprint density at radius 2 is 1.86 bits per heavy atom. The molecule has 0 bridgehead atoms. The van der Waals surface area contributed by atoms with E-state index >= 15 is 0 Å². The SMILES string of the molecule is NC(=O)c1ccccc1NC(=O)c1cccc(OCc2cn3ccccc3n2)c1. The Morgan fingerprint density at radius 3 is 2.69 bits per heavy atom. The lowest BCUT2D eigenvalue weighted by Crippen LogP contribution is -2.18. The molecule has 0 unspecified atom stereocenters. The van der Waals surface area contributed by atoms with Gasteiger partial charge in [0.25, 0.3) is 11.8 Å². The van der Waals surface area contributed by atoms with Gasteiger partial charge in [-0.05, 0) is 42.5 Å². The molecule has 0 radical (unpaired) electrons. The number of aromatic nitrogens is 2. The number of carbonyl (C=O) groups excluding carboxylic acids is 2. The molecule has 2 heterocycles. The number of primary amides is 1. The van der Waals surface area contributed by atoms with E-state index in [0.29, 0.717) is 17.0 Å². The number of ether oxygens (including phenoxy) is 1. The van der Waals surface area contributed by atoms with Crippen molar-refractivity contribution in [1.29, 1.82) is 0 Å². The number of benzene rings is 2. The molecule has 4 rings (SSSR count). The lowest BCUT2D eigenvalue weighted by atomic mass is 10.1. The monoisotopic (exact) mass is 386 g/mol. The molecule has 0 aliphatic carbocycles. The fourth-order valence-electron chi connectivity index (χ4n) is 2.94. The molecule has 2 aromatic heterocycles. The molecular weight excluding hydrogens is 368 g/mol. The Bertz CT molecular complexity index is 1170. The maximum atomic E-state index is 12.6. The molecule has 3 N–H and O–H groups in total. The van der Waals surface area contributed by atoms with Crippen LogP contribution in [0.2, 0.25) is 0 Å². The van der Waals surface area contributed by atoms with Crippen LogP contribution in [0.4, 0.5) is 5.69 Å². The number of nitrogens with zero attached hydrogens (tertiary/aromatic N) is 2. The van der Waals surface area contributed by atoms with Crippen molar-refractivity contribution in [2.24, 2.45) is 5.73 Å². The summed E-state index contributed by atoms with van der Waals surface area (Å²) in [5.41, 5.74) is 7.99. The number of hydrogen-bond acceptors (Lipinski definition) is 4. The second-order valence-electron chi connectivity index (χ2n) is 6.38. The summed E-state index contributed by atoms with van der Waals surface area (Å²) in [6.45, 7) is 0.275. The summed E-state index contributed by atoms with van der Waals surface area (Å²) in [5, 5.41) is 2.72. The first-order valence-corrected chi connectivity index (χ1v) is 8.96. The largest absolute Gasteiger partial charge is 0.487 e. The van der Waals surface area contributed by atoms with Gasteiger partial charge in [0.05, 0.1) is 16.9 Å². The van der Waals surface area contributed by atoms with Gasteiger partial charge in [-0.2, -0.15) is 0 Å². The highest BCUT2D eigenvalue weighted by Gasteiger charge is 2.12. The van der Waals surface area contributed by atoms with E-state index in [9.17, 15) is 9.59 Å². The van der Waals surface area contributed by atoms with Crippen LogP contribution in [0.25, 0.3) is 5.65 Å². The van der Waals surface area contributed by atoms with Crippen LogP contribution >= 0.6 is 0 Å². The highest BCUT2D eigenvalue weighted by molar-refractivity contribution is 6.08. The highest BCUT2D eigenvalue weighted by atomic mass is 16.5. The van der Waals surface area contributed by atoms with Crippen LogP contribution in [0.5, 0.6) is 5.75 Å². The van der Waals surface area contributed by atoms with Crippen LogP contribution in [0.1, 0.15) is 26.4 Å². The van der Waals surface area contributed by atoms with E-state index in [-0.39, 0.29) is 18.1 Å². The standard InChI is InChI=1S/C22H18N4O3/c23-21(27)18-8-1-2-9-19(18)25-22(28)15-6-5-7-17(12-15)29-14-16-13-26-11-4-3-10-20(26)24-16/h1-13H,14H2,(H2,23,27)(H,25,28). The topological polar surface area (TPSA) is 98.7 Å². The number of carbonyl (C=O) groups is 2. The van der Waals surface area contributed by atoms with Gasteiger partial charge in [0.1, 0.15) is 18.0 Å². The van der Waals surface area contributed by atoms with Crippen LogP contribution < -0.4 is 15.8 Å². The fourth-order valence-corrected chi connectivity index (χ4v) is 2.94. The van der Waals surface area contributed by atoms with Gasteiger partial charge in [-0.1, -0.05) is 24.3 Å². The summed E-state index contributed by atoms with van der Waals surface area (Å²) in [4.78, 5) is 28.6. The minimum Gasteiger partial charge on any atom is -0.487 e. The van der Waals surface area contributed by atoms with E-state index in [1.807, 2.05) is 35.0 Å². The van der Waals surface area contributed by atoms with Gasteiger partial charge in [-0.25, -0.2) is 4.98 Å². The van der Waals surface area contributed by atoms with Gasteiger partial charge in [0, 0.05) is 18.0 Å². The van der Waals surface area contributed by atoms with Crippen molar-refractivity contribution in [2.45, 2.75) is 6.61 Å². The summed E-state index contributed by atoms with van der Waals surface area (Å²) < 4.78 is 7.71. The zero-order valence-corrected chi connectivity index (χ0v) is 15.4. The Labute approximate surface area is 166 Å². The Morgan fingerprint density at radius 1 is 1.03 bits per heavy atom. The van der Waals surface area contributed by atoms with E-state index in [1.54, 1.807) is 48.5 Å². The molecule has 7 nitrogen and oxygen atoms in total. The second-order valence-corrected chi connectivity index (χ2v) is 6.38. The number of hydrogen-bond donors (Lipinski definition) is 2. The second kappa shape index (κ2) is 7.85. The third kappa shape index (κ3) is 4.08. The van der Waals surface area contributed by atoms with Gasteiger partial charge in [-0.15, -0.1) is 0 Å². The molecule has 2 aromatic carbocycles. The first-order chi connectivity index (χ1) is 14.1. The molecule has 0 spiro atoms. The van der Waals surface area contributed by atoms with E-state index in [2.05, 4.69) is 10.3 Å².